The van der Waals surface area contributed by atoms with Gasteiger partial charge in [-0.3, -0.25) is 4.79 Å². The molecule has 0 saturated heterocycles. The average molecular weight is 520 g/mol. The van der Waals surface area contributed by atoms with E-state index in [2.05, 4.69) is 15.3 Å². The lowest BCUT2D eigenvalue weighted by Crippen LogP contribution is -2.16. The first-order chi connectivity index (χ1) is 16.3. The molecule has 0 bridgehead atoms. The summed E-state index contributed by atoms with van der Waals surface area (Å²) in [7, 11) is 0. The Hall–Kier alpha value is -2.95. The van der Waals surface area contributed by atoms with Gasteiger partial charge in [-0.25, -0.2) is 19.6 Å². The summed E-state index contributed by atoms with van der Waals surface area (Å²) in [6, 6.07) is 9.01. The normalized spacial score (nSPS) is 10.6. The first-order valence-electron chi connectivity index (χ1n) is 10.3. The number of benzene rings is 1. The minimum atomic E-state index is -0.617. The maximum absolute atomic E-state index is 12.7. The Bertz CT molecular complexity index is 1200. The highest BCUT2D eigenvalue weighted by Gasteiger charge is 2.27. The first-order valence-corrected chi connectivity index (χ1v) is 12.5. The number of thioether (sulfide) groups is 1. The SMILES string of the molecule is CCOC(=O)c1sc(NC(=O)CSc2nccc(-c3ccc(Cl)cc3)n2)c(C(=O)OCC)c1C. The summed E-state index contributed by atoms with van der Waals surface area (Å²) in [6.45, 7) is 5.34. The molecular formula is C23H22ClN3O5S2. The fourth-order valence-corrected chi connectivity index (χ4v) is 4.79. The number of nitrogens with zero attached hydrogens (tertiary/aromatic N) is 2. The summed E-state index contributed by atoms with van der Waals surface area (Å²) in [6.07, 6.45) is 1.62. The molecule has 34 heavy (non-hydrogen) atoms. The van der Waals surface area contributed by atoms with Gasteiger partial charge in [0.1, 0.15) is 9.88 Å². The molecule has 178 valence electrons. The predicted molar refractivity (Wildman–Crippen MR) is 133 cm³/mol. The third-order valence-electron chi connectivity index (χ3n) is 4.45. The van der Waals surface area contributed by atoms with Crippen molar-refractivity contribution < 1.29 is 23.9 Å². The average Bonchev–Trinajstić information content (AvgIpc) is 3.14. The highest BCUT2D eigenvalue weighted by atomic mass is 35.5. The largest absolute Gasteiger partial charge is 0.462 e. The highest BCUT2D eigenvalue weighted by Crippen LogP contribution is 2.34. The lowest BCUT2D eigenvalue weighted by atomic mass is 10.1. The molecule has 2 aromatic heterocycles. The monoisotopic (exact) mass is 519 g/mol. The van der Waals surface area contributed by atoms with Crippen molar-refractivity contribution in [2.75, 3.05) is 24.3 Å². The Morgan fingerprint density at radius 3 is 2.41 bits per heavy atom. The van der Waals surface area contributed by atoms with Crippen LogP contribution in [0.2, 0.25) is 5.02 Å². The summed E-state index contributed by atoms with van der Waals surface area (Å²) in [5.41, 5.74) is 2.13. The van der Waals surface area contributed by atoms with E-state index in [0.29, 0.717) is 21.4 Å². The number of halogens is 1. The molecule has 0 aliphatic heterocycles. The second kappa shape index (κ2) is 12.0. The topological polar surface area (TPSA) is 107 Å². The van der Waals surface area contributed by atoms with Crippen molar-refractivity contribution in [3.8, 4) is 11.3 Å². The Labute approximate surface area is 210 Å². The van der Waals surface area contributed by atoms with Crippen LogP contribution in [0.25, 0.3) is 11.3 Å². The van der Waals surface area contributed by atoms with Crippen LogP contribution in [0, 0.1) is 6.92 Å². The van der Waals surface area contributed by atoms with Crippen LogP contribution in [0.5, 0.6) is 0 Å². The van der Waals surface area contributed by atoms with Crippen molar-refractivity contribution in [2.45, 2.75) is 25.9 Å². The fraction of sp³-hybridized carbons (Fsp3) is 0.261. The van der Waals surface area contributed by atoms with Gasteiger partial charge in [-0.1, -0.05) is 35.5 Å². The maximum atomic E-state index is 12.7. The van der Waals surface area contributed by atoms with Crippen LogP contribution in [0.4, 0.5) is 5.00 Å². The fourth-order valence-electron chi connectivity index (χ4n) is 2.93. The van der Waals surface area contributed by atoms with Crippen LogP contribution in [0.15, 0.2) is 41.7 Å². The van der Waals surface area contributed by atoms with Crippen molar-refractivity contribution in [1.29, 1.82) is 0 Å². The van der Waals surface area contributed by atoms with Gasteiger partial charge in [0, 0.05) is 16.8 Å². The number of esters is 2. The van der Waals surface area contributed by atoms with E-state index in [9.17, 15) is 14.4 Å². The summed E-state index contributed by atoms with van der Waals surface area (Å²) < 4.78 is 10.2. The van der Waals surface area contributed by atoms with Crippen LogP contribution in [-0.4, -0.2) is 46.8 Å². The standard InChI is InChI=1S/C23H22ClN3O5S2/c1-4-31-21(29)18-13(3)19(22(30)32-5-2)34-20(18)27-17(28)12-33-23-25-11-10-16(26-23)14-6-8-15(24)9-7-14/h6-11H,4-5,12H2,1-3H3,(H,27,28). The van der Waals surface area contributed by atoms with E-state index in [-0.39, 0.29) is 40.3 Å². The number of carbonyl (C=O) groups is 3. The molecule has 11 heteroatoms. The van der Waals surface area contributed by atoms with E-state index in [1.165, 1.54) is 0 Å². The number of rotatable bonds is 9. The van der Waals surface area contributed by atoms with Gasteiger partial charge < -0.3 is 14.8 Å². The van der Waals surface area contributed by atoms with Gasteiger partial charge >= 0.3 is 11.9 Å². The molecule has 0 unspecified atom stereocenters. The first kappa shape index (κ1) is 25.7. The van der Waals surface area contributed by atoms with E-state index < -0.39 is 11.9 Å². The molecule has 0 fully saturated rings. The van der Waals surface area contributed by atoms with Gasteiger partial charge in [0.05, 0.1) is 30.2 Å². The number of ether oxygens (including phenoxy) is 2. The molecule has 0 aliphatic carbocycles. The quantitative estimate of drug-likeness (QED) is 0.232. The van der Waals surface area contributed by atoms with Crippen LogP contribution in [-0.2, 0) is 14.3 Å². The van der Waals surface area contributed by atoms with Gasteiger partial charge in [-0.05, 0) is 44.5 Å². The summed E-state index contributed by atoms with van der Waals surface area (Å²) >= 11 is 8.07. The number of hydrogen-bond acceptors (Lipinski definition) is 9. The molecule has 0 spiro atoms. The molecule has 0 saturated carbocycles. The van der Waals surface area contributed by atoms with Gasteiger partial charge in [-0.2, -0.15) is 0 Å². The molecule has 0 radical (unpaired) electrons. The molecule has 3 rings (SSSR count). The molecule has 8 nitrogen and oxygen atoms in total. The molecule has 1 N–H and O–H groups in total. The van der Waals surface area contributed by atoms with Crippen molar-refractivity contribution in [3.05, 3.63) is 57.6 Å². The van der Waals surface area contributed by atoms with E-state index in [4.69, 9.17) is 21.1 Å². The van der Waals surface area contributed by atoms with Crippen LogP contribution >= 0.6 is 34.7 Å². The second-order valence-electron chi connectivity index (χ2n) is 6.77. The van der Waals surface area contributed by atoms with E-state index in [1.54, 1.807) is 45.2 Å². The molecule has 0 aliphatic rings. The van der Waals surface area contributed by atoms with Crippen LogP contribution in [0.1, 0.15) is 39.4 Å². The molecule has 0 atom stereocenters. The van der Waals surface area contributed by atoms with Crippen molar-refractivity contribution in [3.63, 3.8) is 0 Å². The smallest absolute Gasteiger partial charge is 0.348 e. The Morgan fingerprint density at radius 1 is 1.06 bits per heavy atom. The number of aromatic nitrogens is 2. The van der Waals surface area contributed by atoms with Crippen molar-refractivity contribution in [1.82, 2.24) is 9.97 Å². The maximum Gasteiger partial charge on any atom is 0.348 e. The summed E-state index contributed by atoms with van der Waals surface area (Å²) in [5, 5.41) is 3.99. The zero-order valence-corrected chi connectivity index (χ0v) is 21.1. The Kier molecular flexibility index (Phi) is 9.03. The summed E-state index contributed by atoms with van der Waals surface area (Å²) in [4.78, 5) is 46.3. The van der Waals surface area contributed by atoms with E-state index in [0.717, 1.165) is 28.7 Å². The number of carbonyl (C=O) groups excluding carboxylic acids is 3. The third-order valence-corrected chi connectivity index (χ3v) is 6.75. The highest BCUT2D eigenvalue weighted by molar-refractivity contribution is 7.99. The number of hydrogen-bond donors (Lipinski definition) is 1. The molecule has 2 heterocycles. The third kappa shape index (κ3) is 6.34. The van der Waals surface area contributed by atoms with Gasteiger partial charge in [-0.15, -0.1) is 11.3 Å². The molecular weight excluding hydrogens is 498 g/mol. The Balaban J connectivity index is 1.74. The lowest BCUT2D eigenvalue weighted by molar-refractivity contribution is -0.113. The number of amides is 1. The van der Waals surface area contributed by atoms with Gasteiger partial charge in [0.2, 0.25) is 5.91 Å². The number of thiophene rings is 1. The number of anilines is 1. The molecule has 1 amide bonds. The van der Waals surface area contributed by atoms with E-state index in [1.807, 2.05) is 12.1 Å². The lowest BCUT2D eigenvalue weighted by Gasteiger charge is -2.07. The van der Waals surface area contributed by atoms with Gasteiger partial charge in [0.25, 0.3) is 0 Å². The minimum absolute atomic E-state index is 0.00196. The Morgan fingerprint density at radius 2 is 1.74 bits per heavy atom. The van der Waals surface area contributed by atoms with Crippen LogP contribution < -0.4 is 5.32 Å². The van der Waals surface area contributed by atoms with Crippen molar-refractivity contribution >= 4 is 57.5 Å². The molecule has 1 aromatic carbocycles. The zero-order valence-electron chi connectivity index (χ0n) is 18.7. The predicted octanol–water partition coefficient (Wildman–Crippen LogP) is 5.25. The second-order valence-corrected chi connectivity index (χ2v) is 9.17. The van der Waals surface area contributed by atoms with E-state index >= 15 is 0 Å². The summed E-state index contributed by atoms with van der Waals surface area (Å²) in [5.74, 6) is -1.56. The van der Waals surface area contributed by atoms with Crippen molar-refractivity contribution in [2.24, 2.45) is 0 Å². The van der Waals surface area contributed by atoms with Gasteiger partial charge in [0.15, 0.2) is 5.16 Å². The number of nitrogens with one attached hydrogen (secondary N) is 1. The van der Waals surface area contributed by atoms with Crippen LogP contribution in [0.3, 0.4) is 0 Å². The molecule has 3 aromatic rings. The minimum Gasteiger partial charge on any atom is -0.462 e. The zero-order chi connectivity index (χ0) is 24.7.